The van der Waals surface area contributed by atoms with Crippen molar-refractivity contribution in [3.63, 3.8) is 0 Å². The first-order valence-corrected chi connectivity index (χ1v) is 11.6. The van der Waals surface area contributed by atoms with Gasteiger partial charge in [0.1, 0.15) is 16.5 Å². The van der Waals surface area contributed by atoms with Crippen molar-refractivity contribution in [1.29, 1.82) is 0 Å². The fourth-order valence-corrected chi connectivity index (χ4v) is 4.97. The van der Waals surface area contributed by atoms with Gasteiger partial charge in [-0.3, -0.25) is 4.79 Å². The molecule has 1 N–H and O–H groups in total. The fraction of sp³-hybridized carbons (Fsp3) is 0.409. The van der Waals surface area contributed by atoms with Gasteiger partial charge in [0.05, 0.1) is 6.61 Å². The molecule has 0 spiro atoms. The first-order valence-electron chi connectivity index (χ1n) is 10.2. The molecule has 1 aliphatic heterocycles. The minimum Gasteiger partial charge on any atom is -0.494 e. The summed E-state index contributed by atoms with van der Waals surface area (Å²) in [7, 11) is -3.95. The summed E-state index contributed by atoms with van der Waals surface area (Å²) in [6.07, 6.45) is 3.06. The normalized spacial score (nSPS) is 15.0. The molecule has 162 valence electrons. The van der Waals surface area contributed by atoms with Gasteiger partial charge in [0, 0.05) is 25.2 Å². The molecule has 1 heterocycles. The molecular weight excluding hydrogens is 407 g/mol. The first kappa shape index (κ1) is 22.2. The second-order valence-corrected chi connectivity index (χ2v) is 9.29. The first-order chi connectivity index (χ1) is 14.4. The van der Waals surface area contributed by atoms with Gasteiger partial charge in [0.25, 0.3) is 5.91 Å². The van der Waals surface area contributed by atoms with E-state index in [0.717, 1.165) is 42.7 Å². The topological polar surface area (TPSA) is 75.7 Å². The third-order valence-electron chi connectivity index (χ3n) is 4.99. The molecule has 3 rings (SSSR count). The molecule has 1 aliphatic rings. The van der Waals surface area contributed by atoms with E-state index in [0.29, 0.717) is 32.7 Å². The molecule has 0 aromatic heterocycles. The summed E-state index contributed by atoms with van der Waals surface area (Å²) in [5.74, 6) is -0.517. The molecule has 0 radical (unpaired) electrons. The van der Waals surface area contributed by atoms with Gasteiger partial charge in [-0.15, -0.1) is 0 Å². The average Bonchev–Trinajstić information content (AvgIpc) is 2.74. The van der Waals surface area contributed by atoms with E-state index in [9.17, 15) is 17.6 Å². The van der Waals surface area contributed by atoms with Crippen molar-refractivity contribution in [2.24, 2.45) is 0 Å². The zero-order chi connectivity index (χ0) is 21.6. The number of rotatable bonds is 8. The Labute approximate surface area is 177 Å². The van der Waals surface area contributed by atoms with Crippen molar-refractivity contribution in [3.05, 3.63) is 59.4 Å². The summed E-state index contributed by atoms with van der Waals surface area (Å²) in [6.45, 7) is 3.52. The number of halogens is 1. The van der Waals surface area contributed by atoms with Crippen LogP contribution in [0.15, 0.2) is 47.4 Å². The number of ether oxygens (including phenoxy) is 1. The van der Waals surface area contributed by atoms with Gasteiger partial charge in [-0.05, 0) is 62.1 Å². The number of amides is 1. The van der Waals surface area contributed by atoms with Gasteiger partial charge >= 0.3 is 0 Å². The third kappa shape index (κ3) is 5.58. The van der Waals surface area contributed by atoms with E-state index in [1.165, 1.54) is 10.4 Å². The molecule has 6 nitrogen and oxygen atoms in total. The molecular formula is C22H27FN2O4S. The van der Waals surface area contributed by atoms with E-state index >= 15 is 0 Å². The number of benzene rings is 2. The summed E-state index contributed by atoms with van der Waals surface area (Å²) >= 11 is 0. The maximum absolute atomic E-state index is 14.3. The number of carbonyl (C=O) groups is 1. The van der Waals surface area contributed by atoms with E-state index in [1.807, 2.05) is 31.2 Å². The highest BCUT2D eigenvalue weighted by atomic mass is 32.2. The minimum atomic E-state index is -3.95. The van der Waals surface area contributed by atoms with Crippen LogP contribution in [0.25, 0.3) is 0 Å². The summed E-state index contributed by atoms with van der Waals surface area (Å²) in [5.41, 5.74) is 1.22. The number of carbonyl (C=O) groups excluding carboxylic acids is 1. The van der Waals surface area contributed by atoms with Crippen molar-refractivity contribution in [2.75, 3.05) is 26.2 Å². The van der Waals surface area contributed by atoms with Crippen LogP contribution in [0.3, 0.4) is 0 Å². The summed E-state index contributed by atoms with van der Waals surface area (Å²) in [6, 6.07) is 11.1. The van der Waals surface area contributed by atoms with Gasteiger partial charge in [0.2, 0.25) is 10.0 Å². The smallest absolute Gasteiger partial charge is 0.251 e. The molecule has 0 bridgehead atoms. The number of hydrogen-bond acceptors (Lipinski definition) is 4. The Morgan fingerprint density at radius 1 is 1.13 bits per heavy atom. The second-order valence-electron chi connectivity index (χ2n) is 7.38. The molecule has 1 fully saturated rings. The zero-order valence-corrected chi connectivity index (χ0v) is 17.9. The van der Waals surface area contributed by atoms with Gasteiger partial charge in [-0.25, -0.2) is 12.8 Å². The van der Waals surface area contributed by atoms with Crippen LogP contribution < -0.4 is 10.1 Å². The zero-order valence-electron chi connectivity index (χ0n) is 17.1. The van der Waals surface area contributed by atoms with Crippen LogP contribution in [0.4, 0.5) is 4.39 Å². The van der Waals surface area contributed by atoms with Crippen LogP contribution in [0.1, 0.15) is 41.6 Å². The second kappa shape index (κ2) is 10.0. The number of aryl methyl sites for hydroxylation is 1. The number of nitrogens with zero attached hydrogens (tertiary/aromatic N) is 1. The van der Waals surface area contributed by atoms with Gasteiger partial charge in [0.15, 0.2) is 0 Å². The Bertz CT molecular complexity index is 988. The summed E-state index contributed by atoms with van der Waals surface area (Å²) in [4.78, 5) is 12.0. The molecule has 0 aliphatic carbocycles. The molecule has 8 heteroatoms. The SMILES string of the molecule is Cc1cccc(OCCCNC(=O)c2ccc(F)c(S(=O)(=O)N3CCCCC3)c2)c1. The average molecular weight is 435 g/mol. The Morgan fingerprint density at radius 2 is 1.90 bits per heavy atom. The van der Waals surface area contributed by atoms with Crippen LogP contribution in [0, 0.1) is 12.7 Å². The van der Waals surface area contributed by atoms with Crippen LogP contribution in [-0.4, -0.2) is 44.9 Å². The van der Waals surface area contributed by atoms with Gasteiger partial charge < -0.3 is 10.1 Å². The molecule has 30 heavy (non-hydrogen) atoms. The Hall–Kier alpha value is -2.45. The molecule has 2 aromatic rings. The van der Waals surface area contributed by atoms with Crippen molar-refractivity contribution in [2.45, 2.75) is 37.5 Å². The van der Waals surface area contributed by atoms with Crippen molar-refractivity contribution in [3.8, 4) is 5.75 Å². The quantitative estimate of drug-likeness (QED) is 0.645. The predicted octanol–water partition coefficient (Wildman–Crippen LogP) is 3.51. The number of hydrogen-bond donors (Lipinski definition) is 1. The molecule has 1 amide bonds. The van der Waals surface area contributed by atoms with E-state index in [2.05, 4.69) is 5.32 Å². The number of sulfonamides is 1. The highest BCUT2D eigenvalue weighted by Crippen LogP contribution is 2.24. The van der Waals surface area contributed by atoms with Crippen LogP contribution in [0.2, 0.25) is 0 Å². The third-order valence-corrected chi connectivity index (χ3v) is 6.90. The lowest BCUT2D eigenvalue weighted by Gasteiger charge is -2.26. The molecule has 0 saturated carbocycles. The van der Waals surface area contributed by atoms with Crippen LogP contribution >= 0.6 is 0 Å². The molecule has 0 atom stereocenters. The highest BCUT2D eigenvalue weighted by molar-refractivity contribution is 7.89. The predicted molar refractivity (Wildman–Crippen MR) is 113 cm³/mol. The monoisotopic (exact) mass is 434 g/mol. The lowest BCUT2D eigenvalue weighted by atomic mass is 10.2. The highest BCUT2D eigenvalue weighted by Gasteiger charge is 2.29. The van der Waals surface area contributed by atoms with E-state index in [-0.39, 0.29) is 5.56 Å². The van der Waals surface area contributed by atoms with E-state index < -0.39 is 26.6 Å². The van der Waals surface area contributed by atoms with Crippen molar-refractivity contribution < 1.29 is 22.3 Å². The standard InChI is InChI=1S/C22H27FN2O4S/c1-17-7-5-8-19(15-17)29-14-6-11-24-22(26)18-9-10-20(23)21(16-18)30(27,28)25-12-3-2-4-13-25/h5,7-10,15-16H,2-4,6,11-14H2,1H3,(H,24,26). The van der Waals surface area contributed by atoms with Gasteiger partial charge in [-0.1, -0.05) is 18.6 Å². The van der Waals surface area contributed by atoms with Crippen LogP contribution in [0.5, 0.6) is 5.75 Å². The molecule has 2 aromatic carbocycles. The lowest BCUT2D eigenvalue weighted by Crippen LogP contribution is -2.36. The Morgan fingerprint density at radius 3 is 2.63 bits per heavy atom. The largest absolute Gasteiger partial charge is 0.494 e. The number of piperidine rings is 1. The van der Waals surface area contributed by atoms with Crippen molar-refractivity contribution >= 4 is 15.9 Å². The lowest BCUT2D eigenvalue weighted by molar-refractivity contribution is 0.0951. The minimum absolute atomic E-state index is 0.117. The van der Waals surface area contributed by atoms with Crippen LogP contribution in [-0.2, 0) is 10.0 Å². The fourth-order valence-electron chi connectivity index (χ4n) is 3.36. The Balaban J connectivity index is 1.56. The van der Waals surface area contributed by atoms with E-state index in [1.54, 1.807) is 0 Å². The Kier molecular flexibility index (Phi) is 7.44. The van der Waals surface area contributed by atoms with Crippen molar-refractivity contribution in [1.82, 2.24) is 9.62 Å². The molecule has 0 unspecified atom stereocenters. The maximum atomic E-state index is 14.3. The molecule has 1 saturated heterocycles. The van der Waals surface area contributed by atoms with E-state index in [4.69, 9.17) is 4.74 Å². The maximum Gasteiger partial charge on any atom is 0.251 e. The summed E-state index contributed by atoms with van der Waals surface area (Å²) in [5, 5.41) is 2.72. The van der Waals surface area contributed by atoms with Gasteiger partial charge in [-0.2, -0.15) is 4.31 Å². The summed E-state index contributed by atoms with van der Waals surface area (Å²) < 4.78 is 46.8. The number of nitrogens with one attached hydrogen (secondary N) is 1.